The van der Waals surface area contributed by atoms with Crippen LogP contribution in [0.25, 0.3) is 11.4 Å². The highest BCUT2D eigenvalue weighted by molar-refractivity contribution is 5.94. The second-order valence-electron chi connectivity index (χ2n) is 4.46. The maximum Gasteiger partial charge on any atom is 0.272 e. The maximum atomic E-state index is 12.0. The number of benzene rings is 1. The molecule has 0 radical (unpaired) electrons. The summed E-state index contributed by atoms with van der Waals surface area (Å²) in [5.74, 6) is 0.803. The second kappa shape index (κ2) is 6.45. The average molecular weight is 291 g/mol. The Morgan fingerprint density at radius 1 is 0.864 bits per heavy atom. The minimum absolute atomic E-state index is 0.328. The summed E-state index contributed by atoms with van der Waals surface area (Å²) >= 11 is 0. The van der Waals surface area contributed by atoms with Crippen LogP contribution in [0.4, 0.5) is 5.82 Å². The number of hydrogen-bond acceptors (Lipinski definition) is 5. The standard InChI is InChI=1S/C16H13N5O/c22-16(21-20-14-8-4-5-9-17-14)13-10-18-15(19-11-13)12-6-2-1-3-7-12/h1-11H,(H,17,20)(H,21,22). The Morgan fingerprint density at radius 3 is 2.27 bits per heavy atom. The van der Waals surface area contributed by atoms with E-state index in [4.69, 9.17) is 0 Å². The first-order valence-corrected chi connectivity index (χ1v) is 6.68. The molecule has 3 aromatic rings. The van der Waals surface area contributed by atoms with Crippen LogP contribution in [0.1, 0.15) is 10.4 Å². The van der Waals surface area contributed by atoms with Crippen molar-refractivity contribution in [3.05, 3.63) is 72.7 Å². The number of anilines is 1. The van der Waals surface area contributed by atoms with Crippen molar-refractivity contribution >= 4 is 11.7 Å². The molecule has 0 aliphatic carbocycles. The van der Waals surface area contributed by atoms with Gasteiger partial charge in [0.15, 0.2) is 5.82 Å². The van der Waals surface area contributed by atoms with Gasteiger partial charge in [-0.1, -0.05) is 36.4 Å². The van der Waals surface area contributed by atoms with Crippen LogP contribution < -0.4 is 10.9 Å². The van der Waals surface area contributed by atoms with Gasteiger partial charge in [-0.15, -0.1) is 0 Å². The van der Waals surface area contributed by atoms with Crippen LogP contribution in [-0.4, -0.2) is 20.9 Å². The molecular weight excluding hydrogens is 278 g/mol. The largest absolute Gasteiger partial charge is 0.282 e. The molecule has 0 saturated heterocycles. The highest BCUT2D eigenvalue weighted by Gasteiger charge is 2.07. The van der Waals surface area contributed by atoms with Crippen LogP contribution in [0.3, 0.4) is 0 Å². The molecule has 0 fully saturated rings. The number of pyridine rings is 1. The van der Waals surface area contributed by atoms with Crippen molar-refractivity contribution in [3.8, 4) is 11.4 Å². The van der Waals surface area contributed by atoms with Gasteiger partial charge in [0.05, 0.1) is 5.56 Å². The summed E-state index contributed by atoms with van der Waals surface area (Å²) in [4.78, 5) is 24.4. The first kappa shape index (κ1) is 13.7. The third kappa shape index (κ3) is 3.24. The first-order chi connectivity index (χ1) is 10.8. The van der Waals surface area contributed by atoms with Crippen LogP contribution in [0, 0.1) is 0 Å². The van der Waals surface area contributed by atoms with Crippen LogP contribution in [0.2, 0.25) is 0 Å². The Bertz CT molecular complexity index is 745. The van der Waals surface area contributed by atoms with E-state index in [0.29, 0.717) is 17.2 Å². The lowest BCUT2D eigenvalue weighted by molar-refractivity contribution is 0.0962. The van der Waals surface area contributed by atoms with Crippen LogP contribution in [0.15, 0.2) is 67.1 Å². The molecule has 1 aromatic carbocycles. The zero-order chi connectivity index (χ0) is 15.2. The van der Waals surface area contributed by atoms with E-state index >= 15 is 0 Å². The molecule has 3 rings (SSSR count). The van der Waals surface area contributed by atoms with E-state index in [2.05, 4.69) is 25.8 Å². The van der Waals surface area contributed by atoms with E-state index < -0.39 is 0 Å². The van der Waals surface area contributed by atoms with E-state index in [-0.39, 0.29) is 5.91 Å². The lowest BCUT2D eigenvalue weighted by atomic mass is 10.2. The van der Waals surface area contributed by atoms with Gasteiger partial charge in [-0.2, -0.15) is 0 Å². The topological polar surface area (TPSA) is 79.8 Å². The fourth-order valence-electron chi connectivity index (χ4n) is 1.81. The summed E-state index contributed by atoms with van der Waals surface area (Å²) in [7, 11) is 0. The van der Waals surface area contributed by atoms with Crippen LogP contribution in [0.5, 0.6) is 0 Å². The predicted molar refractivity (Wildman–Crippen MR) is 82.8 cm³/mol. The molecule has 108 valence electrons. The monoisotopic (exact) mass is 291 g/mol. The van der Waals surface area contributed by atoms with E-state index in [9.17, 15) is 4.79 Å². The number of nitrogens with zero attached hydrogens (tertiary/aromatic N) is 3. The van der Waals surface area contributed by atoms with Crippen molar-refractivity contribution < 1.29 is 4.79 Å². The van der Waals surface area contributed by atoms with Gasteiger partial charge in [-0.3, -0.25) is 15.6 Å². The SMILES string of the molecule is O=C(NNc1ccccn1)c1cnc(-c2ccccc2)nc1. The number of aromatic nitrogens is 3. The number of hydrogen-bond donors (Lipinski definition) is 2. The normalized spacial score (nSPS) is 10.0. The number of hydrazine groups is 1. The fourth-order valence-corrected chi connectivity index (χ4v) is 1.81. The molecule has 0 aliphatic heterocycles. The molecule has 0 bridgehead atoms. The molecular formula is C16H13N5O. The van der Waals surface area contributed by atoms with Crippen LogP contribution >= 0.6 is 0 Å². The van der Waals surface area contributed by atoms with E-state index in [0.717, 1.165) is 5.56 Å². The lowest BCUT2D eigenvalue weighted by Gasteiger charge is -2.07. The average Bonchev–Trinajstić information content (AvgIpc) is 2.61. The van der Waals surface area contributed by atoms with E-state index in [1.54, 1.807) is 18.3 Å². The third-order valence-corrected chi connectivity index (χ3v) is 2.92. The molecule has 6 nitrogen and oxygen atoms in total. The summed E-state index contributed by atoms with van der Waals surface area (Å²) in [6, 6.07) is 14.9. The summed E-state index contributed by atoms with van der Waals surface area (Å²) in [5.41, 5.74) is 6.53. The van der Waals surface area contributed by atoms with Gasteiger partial charge < -0.3 is 0 Å². The molecule has 2 N–H and O–H groups in total. The highest BCUT2D eigenvalue weighted by Crippen LogP contribution is 2.13. The van der Waals surface area contributed by atoms with Gasteiger partial charge in [-0.25, -0.2) is 15.0 Å². The molecule has 22 heavy (non-hydrogen) atoms. The Morgan fingerprint density at radius 2 is 1.59 bits per heavy atom. The van der Waals surface area contributed by atoms with Gasteiger partial charge in [0.1, 0.15) is 5.82 Å². The van der Waals surface area contributed by atoms with Crippen molar-refractivity contribution in [1.82, 2.24) is 20.4 Å². The number of amides is 1. The molecule has 2 aromatic heterocycles. The van der Waals surface area contributed by atoms with Crippen molar-refractivity contribution in [3.63, 3.8) is 0 Å². The van der Waals surface area contributed by atoms with Crippen molar-refractivity contribution in [1.29, 1.82) is 0 Å². The summed E-state index contributed by atoms with van der Waals surface area (Å²) in [5, 5.41) is 0. The first-order valence-electron chi connectivity index (χ1n) is 6.68. The maximum absolute atomic E-state index is 12.0. The van der Waals surface area contributed by atoms with Gasteiger partial charge in [0.2, 0.25) is 0 Å². The fraction of sp³-hybridized carbons (Fsp3) is 0. The van der Waals surface area contributed by atoms with Crippen molar-refractivity contribution in [2.24, 2.45) is 0 Å². The highest BCUT2D eigenvalue weighted by atomic mass is 16.2. The molecule has 0 spiro atoms. The minimum atomic E-state index is -0.328. The van der Waals surface area contributed by atoms with E-state index in [1.807, 2.05) is 36.4 Å². The van der Waals surface area contributed by atoms with E-state index in [1.165, 1.54) is 12.4 Å². The number of carbonyl (C=O) groups excluding carboxylic acids is 1. The van der Waals surface area contributed by atoms with Gasteiger partial charge >= 0.3 is 0 Å². The van der Waals surface area contributed by atoms with Gasteiger partial charge in [0.25, 0.3) is 5.91 Å². The smallest absolute Gasteiger partial charge is 0.272 e. The Labute approximate surface area is 127 Å². The zero-order valence-corrected chi connectivity index (χ0v) is 11.6. The molecule has 1 amide bonds. The summed E-state index contributed by atoms with van der Waals surface area (Å²) < 4.78 is 0. The van der Waals surface area contributed by atoms with Crippen LogP contribution in [-0.2, 0) is 0 Å². The number of carbonyl (C=O) groups is 1. The molecule has 6 heteroatoms. The Balaban J connectivity index is 1.66. The summed E-state index contributed by atoms with van der Waals surface area (Å²) in [6.45, 7) is 0. The Kier molecular flexibility index (Phi) is 4.01. The van der Waals surface area contributed by atoms with Crippen molar-refractivity contribution in [2.75, 3.05) is 5.43 Å². The minimum Gasteiger partial charge on any atom is -0.282 e. The second-order valence-corrected chi connectivity index (χ2v) is 4.46. The number of nitrogens with one attached hydrogen (secondary N) is 2. The summed E-state index contributed by atoms with van der Waals surface area (Å²) in [6.07, 6.45) is 4.61. The molecule has 2 heterocycles. The molecule has 0 unspecified atom stereocenters. The molecule has 0 atom stereocenters. The third-order valence-electron chi connectivity index (χ3n) is 2.92. The quantitative estimate of drug-likeness (QED) is 0.721. The molecule has 0 saturated carbocycles. The number of rotatable bonds is 4. The molecule has 0 aliphatic rings. The van der Waals surface area contributed by atoms with Gasteiger partial charge in [-0.05, 0) is 12.1 Å². The van der Waals surface area contributed by atoms with Crippen molar-refractivity contribution in [2.45, 2.75) is 0 Å². The Hall–Kier alpha value is -3.28. The van der Waals surface area contributed by atoms with Gasteiger partial charge in [0, 0.05) is 24.2 Å². The predicted octanol–water partition coefficient (Wildman–Crippen LogP) is 2.30. The lowest BCUT2D eigenvalue weighted by Crippen LogP contribution is -2.29. The zero-order valence-electron chi connectivity index (χ0n) is 11.6.